The number of amides is 2. The van der Waals surface area contributed by atoms with Crippen molar-refractivity contribution in [1.82, 2.24) is 9.80 Å². The van der Waals surface area contributed by atoms with Crippen molar-refractivity contribution < 1.29 is 49.2 Å². The number of aliphatic carboxylic acids is 2. The maximum atomic E-state index is 13.3. The molecule has 60 heavy (non-hydrogen) atoms. The molecule has 310 valence electrons. The number of carboxylic acids is 2. The van der Waals surface area contributed by atoms with Gasteiger partial charge in [-0.05, 0) is 47.6 Å². The second-order valence-electron chi connectivity index (χ2n) is 15.6. The highest BCUT2D eigenvalue weighted by Gasteiger charge is 2.46. The van der Waals surface area contributed by atoms with Gasteiger partial charge >= 0.3 is 11.9 Å². The number of nitrogens with zero attached hydrogens (tertiary/aromatic N) is 4. The van der Waals surface area contributed by atoms with Crippen LogP contribution in [-0.2, 0) is 39.6 Å². The molecule has 2 aliphatic carbocycles. The Balaban J connectivity index is 1.12. The fraction of sp³-hybridized carbons (Fsp3) is 0.286. The molecule has 0 saturated carbocycles. The van der Waals surface area contributed by atoms with Gasteiger partial charge in [0.15, 0.2) is 11.6 Å². The second kappa shape index (κ2) is 15.2. The summed E-state index contributed by atoms with van der Waals surface area (Å²) in [5.41, 5.74) is 3.56. The summed E-state index contributed by atoms with van der Waals surface area (Å²) in [5, 5.41) is 44.6. The van der Waals surface area contributed by atoms with Gasteiger partial charge in [-0.3, -0.25) is 38.6 Å². The standard InChI is InChI=1S/C42H38N4O10S4/c1-41(2)23-17-24-26(18-25(23)43(5)29(41)15-21-33(51)19(34(21)52)7-9-27-37(55)45(39(57)59-27)13-11-31(47)48)44(6)30(42(24,3)4)16-22-35(53)20(36(22)54)8-10-28-38(56)46(40(58)60-28)14-12-32(49)50/h7-10,15-18,51,53H,11-14H2,1-6H3,(H,47,48)(H,49,50)/p-2/b19-7-,20-8+,27-9-,28-10+,29-15?,30-16?. The molecule has 18 heteroatoms. The Labute approximate surface area is 363 Å². The minimum absolute atomic E-state index is 0.00726. The van der Waals surface area contributed by atoms with Gasteiger partial charge in [0.25, 0.3) is 11.8 Å². The lowest BCUT2D eigenvalue weighted by atomic mass is 9.76. The minimum atomic E-state index is -1.07. The van der Waals surface area contributed by atoms with E-state index in [9.17, 15) is 39.0 Å². The van der Waals surface area contributed by atoms with Gasteiger partial charge in [-0.15, -0.1) is 0 Å². The van der Waals surface area contributed by atoms with Crippen LogP contribution in [-0.4, -0.2) is 91.2 Å². The monoisotopic (exact) mass is 884 g/mol. The number of thioether (sulfide) groups is 2. The van der Waals surface area contributed by atoms with Crippen molar-refractivity contribution in [3.63, 3.8) is 0 Å². The van der Waals surface area contributed by atoms with E-state index in [-0.39, 0.29) is 66.7 Å². The van der Waals surface area contributed by atoms with Gasteiger partial charge in [0.2, 0.25) is 0 Å². The smallest absolute Gasteiger partial charge is 0.305 e. The number of Topliss-reactive ketones (excluding diaryl/α,β-unsaturated/α-hetero) is 2. The van der Waals surface area contributed by atoms with Crippen molar-refractivity contribution in [2.75, 3.05) is 37.0 Å². The highest BCUT2D eigenvalue weighted by atomic mass is 32.2. The minimum Gasteiger partial charge on any atom is -0.871 e. The first-order valence-corrected chi connectivity index (χ1v) is 20.9. The van der Waals surface area contributed by atoms with Crippen LogP contribution in [0.5, 0.6) is 0 Å². The van der Waals surface area contributed by atoms with Gasteiger partial charge in [0, 0.05) is 83.1 Å². The van der Waals surface area contributed by atoms with Crippen LogP contribution in [0.4, 0.5) is 11.4 Å². The molecule has 7 rings (SSSR count). The number of carbonyl (C=O) groups excluding carboxylic acids is 4. The van der Waals surface area contributed by atoms with Crippen molar-refractivity contribution in [2.45, 2.75) is 51.4 Å². The number of anilines is 2. The summed E-state index contributed by atoms with van der Waals surface area (Å²) in [6, 6.07) is 4.09. The van der Waals surface area contributed by atoms with E-state index in [0.717, 1.165) is 57.4 Å². The zero-order chi connectivity index (χ0) is 43.9. The largest absolute Gasteiger partial charge is 0.871 e. The third-order valence-electron chi connectivity index (χ3n) is 11.4. The van der Waals surface area contributed by atoms with Crippen LogP contribution in [0.2, 0.25) is 0 Å². The molecule has 0 spiro atoms. The van der Waals surface area contributed by atoms with Crippen molar-refractivity contribution >= 4 is 103 Å². The summed E-state index contributed by atoms with van der Waals surface area (Å²) in [5.74, 6) is -4.99. The quantitative estimate of drug-likeness (QED) is 0.255. The van der Waals surface area contributed by atoms with E-state index in [1.807, 2.05) is 57.7 Å². The third-order valence-corrected chi connectivity index (χ3v) is 14.1. The normalized spacial score (nSPS) is 24.8. The van der Waals surface area contributed by atoms with Crippen molar-refractivity contribution in [3.05, 3.63) is 115 Å². The van der Waals surface area contributed by atoms with E-state index < -0.39 is 57.7 Å². The molecular weight excluding hydrogens is 849 g/mol. The van der Waals surface area contributed by atoms with Gasteiger partial charge in [0.05, 0.1) is 22.7 Å². The highest BCUT2D eigenvalue weighted by Crippen LogP contribution is 2.56. The Hall–Kier alpha value is -5.56. The van der Waals surface area contributed by atoms with Crippen molar-refractivity contribution in [1.29, 1.82) is 0 Å². The Bertz CT molecular complexity index is 2420. The number of benzene rings is 1. The average Bonchev–Trinajstić information content (AvgIpc) is 3.75. The van der Waals surface area contributed by atoms with Crippen molar-refractivity contribution in [3.8, 4) is 0 Å². The topological polar surface area (TPSA) is 202 Å². The van der Waals surface area contributed by atoms with Gasteiger partial charge in [-0.1, -0.05) is 99.3 Å². The summed E-state index contributed by atoms with van der Waals surface area (Å²) in [6.07, 6.45) is 7.98. The molecule has 0 bridgehead atoms. The summed E-state index contributed by atoms with van der Waals surface area (Å²) in [7, 11) is 3.70. The fourth-order valence-electron chi connectivity index (χ4n) is 7.91. The molecule has 1 aromatic rings. The molecule has 4 aliphatic heterocycles. The number of carboxylic acid groups (broad SMARTS) is 2. The third kappa shape index (κ3) is 6.84. The van der Waals surface area contributed by atoms with Crippen LogP contribution >= 0.6 is 48.0 Å². The van der Waals surface area contributed by atoms with E-state index in [0.29, 0.717) is 0 Å². The molecule has 0 radical (unpaired) electrons. The van der Waals surface area contributed by atoms with E-state index >= 15 is 0 Å². The first-order valence-electron chi connectivity index (χ1n) is 18.5. The highest BCUT2D eigenvalue weighted by molar-refractivity contribution is 8.27. The number of hydrogen-bond acceptors (Lipinski definition) is 14. The lowest BCUT2D eigenvalue weighted by Gasteiger charge is -2.32. The van der Waals surface area contributed by atoms with E-state index in [1.165, 1.54) is 34.1 Å². The maximum absolute atomic E-state index is 13.3. The summed E-state index contributed by atoms with van der Waals surface area (Å²) >= 11 is 12.4. The van der Waals surface area contributed by atoms with Crippen LogP contribution in [0.25, 0.3) is 0 Å². The fourth-order valence-corrected chi connectivity index (χ4v) is 10.4. The number of rotatable bonds is 10. The van der Waals surface area contributed by atoms with Gasteiger partial charge < -0.3 is 30.2 Å². The molecule has 6 aliphatic rings. The average molecular weight is 885 g/mol. The lowest BCUT2D eigenvalue weighted by molar-refractivity contribution is -0.301. The zero-order valence-electron chi connectivity index (χ0n) is 33.0. The first kappa shape index (κ1) is 42.6. The molecule has 0 atom stereocenters. The van der Waals surface area contributed by atoms with Crippen LogP contribution in [0.1, 0.15) is 51.7 Å². The predicted octanol–water partition coefficient (Wildman–Crippen LogP) is 3.59. The molecule has 2 saturated heterocycles. The molecule has 0 unspecified atom stereocenters. The molecule has 14 nitrogen and oxygen atoms in total. The molecule has 2 amide bonds. The Morgan fingerprint density at radius 1 is 0.667 bits per heavy atom. The Morgan fingerprint density at radius 2 is 1.03 bits per heavy atom. The lowest BCUT2D eigenvalue weighted by Crippen LogP contribution is -2.32. The number of thiocarbonyl (C=S) groups is 2. The molecule has 2 fully saturated rings. The number of fused-ring (bicyclic) bond motifs is 2. The van der Waals surface area contributed by atoms with Gasteiger partial charge in [-0.25, -0.2) is 0 Å². The second-order valence-corrected chi connectivity index (χ2v) is 19.0. The number of allylic oxidation sites excluding steroid dienone is 12. The molecule has 0 aromatic heterocycles. The summed E-state index contributed by atoms with van der Waals surface area (Å²) in [4.78, 5) is 80.7. The Morgan fingerprint density at radius 3 is 1.37 bits per heavy atom. The van der Waals surface area contributed by atoms with Crippen LogP contribution in [0.3, 0.4) is 0 Å². The van der Waals surface area contributed by atoms with Gasteiger partial charge in [-0.2, -0.15) is 0 Å². The van der Waals surface area contributed by atoms with Crippen LogP contribution < -0.4 is 20.0 Å². The first-order chi connectivity index (χ1) is 28.1. The van der Waals surface area contributed by atoms with Crippen LogP contribution in [0, 0.1) is 0 Å². The van der Waals surface area contributed by atoms with E-state index in [1.54, 1.807) is 12.2 Å². The Kier molecular flexibility index (Phi) is 10.8. The van der Waals surface area contributed by atoms with Crippen molar-refractivity contribution in [2.24, 2.45) is 0 Å². The molecular formula is C42H36N4O10S4-2. The summed E-state index contributed by atoms with van der Waals surface area (Å²) in [6.45, 7) is 7.82. The van der Waals surface area contributed by atoms with E-state index in [4.69, 9.17) is 34.6 Å². The van der Waals surface area contributed by atoms with Gasteiger partial charge in [0.1, 0.15) is 8.64 Å². The van der Waals surface area contributed by atoms with E-state index in [2.05, 4.69) is 6.07 Å². The summed E-state index contributed by atoms with van der Waals surface area (Å²) < 4.78 is 0.395. The maximum Gasteiger partial charge on any atom is 0.305 e. The molecule has 2 N–H and O–H groups in total. The zero-order valence-corrected chi connectivity index (χ0v) is 36.3. The SMILES string of the molecule is CN1C(=CC2=C([O-])/C(=C/C=C3\SC(=S)N(CCC(=O)O)C3=O)C2=O)C(C)(C)c2cc3c(cc21)N(C)C(=CC1=C([O-])/C(=C\C=C2\SC(=S)N(CCC(=O)O)C2=O)C1=O)C3(C)C. The number of hydrogen-bond donors (Lipinski definition) is 2. The predicted molar refractivity (Wildman–Crippen MR) is 230 cm³/mol. The number of carbonyl (C=O) groups is 6. The number of ketones is 2. The number of likely N-dealkylation sites (N-methyl/N-ethyl adjacent to an activating group) is 2. The molecule has 1 aromatic carbocycles. The molecule has 4 heterocycles. The van der Waals surface area contributed by atoms with Crippen LogP contribution in [0.15, 0.2) is 104 Å².